The Labute approximate surface area is 112 Å². The smallest absolute Gasteiger partial charge is 0.0863 e. The second-order valence-electron chi connectivity index (χ2n) is 3.61. The Morgan fingerprint density at radius 2 is 2.29 bits per heavy atom. The van der Waals surface area contributed by atoms with E-state index in [-0.39, 0.29) is 6.04 Å². The molecule has 92 valence electrons. The first-order chi connectivity index (χ1) is 8.19. The molecule has 0 amide bonds. The monoisotopic (exact) mass is 315 g/mol. The molecule has 0 aliphatic rings. The van der Waals surface area contributed by atoms with Crippen molar-refractivity contribution in [1.82, 2.24) is 19.4 Å². The van der Waals surface area contributed by atoms with E-state index in [1.807, 2.05) is 11.6 Å². The van der Waals surface area contributed by atoms with Crippen LogP contribution in [0.4, 0.5) is 0 Å². The molecule has 0 saturated carbocycles. The fraction of sp³-hybridized carbons (Fsp3) is 0.500. The molecular formula is C10H14BrN5S. The van der Waals surface area contributed by atoms with Crippen molar-refractivity contribution in [2.75, 3.05) is 0 Å². The van der Waals surface area contributed by atoms with E-state index in [2.05, 4.69) is 37.5 Å². The van der Waals surface area contributed by atoms with Gasteiger partial charge in [0.05, 0.1) is 33.0 Å². The van der Waals surface area contributed by atoms with Crippen LogP contribution in [0.25, 0.3) is 0 Å². The number of aryl methyl sites for hydroxylation is 2. The van der Waals surface area contributed by atoms with Gasteiger partial charge in [0.15, 0.2) is 0 Å². The molecule has 0 aliphatic heterocycles. The van der Waals surface area contributed by atoms with Crippen LogP contribution in [-0.4, -0.2) is 19.4 Å². The van der Waals surface area contributed by atoms with Crippen molar-refractivity contribution in [3.8, 4) is 0 Å². The Hall–Kier alpha value is -0.790. The maximum absolute atomic E-state index is 6.30. The number of hydrogen-bond donors (Lipinski definition) is 1. The third kappa shape index (κ3) is 2.27. The molecule has 0 aliphatic carbocycles. The van der Waals surface area contributed by atoms with Gasteiger partial charge in [-0.25, -0.2) is 0 Å². The van der Waals surface area contributed by atoms with Crippen LogP contribution in [0.3, 0.4) is 0 Å². The maximum atomic E-state index is 6.30. The van der Waals surface area contributed by atoms with Gasteiger partial charge in [-0.3, -0.25) is 4.68 Å². The van der Waals surface area contributed by atoms with Crippen LogP contribution in [0.2, 0.25) is 0 Å². The van der Waals surface area contributed by atoms with Gasteiger partial charge >= 0.3 is 0 Å². The Bertz CT molecular complexity index is 507. The van der Waals surface area contributed by atoms with Crippen molar-refractivity contribution in [3.63, 3.8) is 0 Å². The first-order valence-corrected chi connectivity index (χ1v) is 7.03. The first-order valence-electron chi connectivity index (χ1n) is 5.46. The zero-order valence-electron chi connectivity index (χ0n) is 9.72. The predicted octanol–water partition coefficient (Wildman–Crippen LogP) is 2.13. The van der Waals surface area contributed by atoms with Gasteiger partial charge in [0.25, 0.3) is 0 Å². The van der Waals surface area contributed by atoms with E-state index in [0.717, 1.165) is 33.7 Å². The highest BCUT2D eigenvalue weighted by Gasteiger charge is 2.22. The summed E-state index contributed by atoms with van der Waals surface area (Å²) in [4.78, 5) is 1.02. The summed E-state index contributed by atoms with van der Waals surface area (Å²) >= 11 is 4.85. The lowest BCUT2D eigenvalue weighted by molar-refractivity contribution is 0.600. The second-order valence-corrected chi connectivity index (χ2v) is 5.25. The van der Waals surface area contributed by atoms with Gasteiger partial charge in [0.2, 0.25) is 0 Å². The highest BCUT2D eigenvalue weighted by Crippen LogP contribution is 2.30. The van der Waals surface area contributed by atoms with Gasteiger partial charge in [-0.05, 0) is 40.8 Å². The molecule has 1 unspecified atom stereocenters. The zero-order valence-corrected chi connectivity index (χ0v) is 12.1. The summed E-state index contributed by atoms with van der Waals surface area (Å²) < 4.78 is 6.81. The zero-order chi connectivity index (χ0) is 12.4. The number of nitrogens with two attached hydrogens (primary N) is 1. The van der Waals surface area contributed by atoms with Crippen molar-refractivity contribution in [1.29, 1.82) is 0 Å². The van der Waals surface area contributed by atoms with Crippen molar-refractivity contribution in [3.05, 3.63) is 26.9 Å². The summed E-state index contributed by atoms with van der Waals surface area (Å²) in [6, 6.07) is -0.221. The molecule has 0 spiro atoms. The Morgan fingerprint density at radius 1 is 1.53 bits per heavy atom. The van der Waals surface area contributed by atoms with E-state index in [1.54, 1.807) is 6.20 Å². The number of nitrogens with zero attached hydrogens (tertiary/aromatic N) is 4. The van der Waals surface area contributed by atoms with Gasteiger partial charge in [-0.2, -0.15) is 5.10 Å². The van der Waals surface area contributed by atoms with Crippen LogP contribution in [0, 0.1) is 0 Å². The molecule has 2 N–H and O–H groups in total. The van der Waals surface area contributed by atoms with Crippen molar-refractivity contribution < 1.29 is 0 Å². The van der Waals surface area contributed by atoms with E-state index in [0.29, 0.717) is 0 Å². The lowest BCUT2D eigenvalue weighted by atomic mass is 10.1. The second kappa shape index (κ2) is 5.24. The molecule has 0 fully saturated rings. The molecule has 0 radical (unpaired) electrons. The van der Waals surface area contributed by atoms with Crippen molar-refractivity contribution in [2.45, 2.75) is 32.9 Å². The molecule has 1 atom stereocenters. The van der Waals surface area contributed by atoms with E-state index >= 15 is 0 Å². The summed E-state index contributed by atoms with van der Waals surface area (Å²) in [6.45, 7) is 4.89. The van der Waals surface area contributed by atoms with E-state index < -0.39 is 0 Å². The molecule has 0 aromatic carbocycles. The maximum Gasteiger partial charge on any atom is 0.0863 e. The van der Waals surface area contributed by atoms with Crippen LogP contribution in [0.5, 0.6) is 0 Å². The molecule has 2 aromatic rings. The van der Waals surface area contributed by atoms with E-state index in [4.69, 9.17) is 5.73 Å². The lowest BCUT2D eigenvalue weighted by Gasteiger charge is -2.13. The number of halogens is 1. The molecule has 2 aromatic heterocycles. The average Bonchev–Trinajstić information content (AvgIpc) is 2.93. The molecule has 0 bridgehead atoms. The minimum atomic E-state index is -0.221. The third-order valence-corrected chi connectivity index (χ3v) is 4.09. The van der Waals surface area contributed by atoms with Gasteiger partial charge in [-0.1, -0.05) is 11.4 Å². The first kappa shape index (κ1) is 12.7. The van der Waals surface area contributed by atoms with E-state index in [1.165, 1.54) is 11.5 Å². The normalized spacial score (nSPS) is 12.9. The standard InChI is InChI=1S/C10H14BrN5S/c1-3-7-10(17-15-14-7)8(12)9-6(11)5-13-16(9)4-2/h5,8H,3-4,12H2,1-2H3. The summed E-state index contributed by atoms with van der Waals surface area (Å²) in [5.74, 6) is 0. The largest absolute Gasteiger partial charge is 0.318 e. The summed E-state index contributed by atoms with van der Waals surface area (Å²) in [7, 11) is 0. The average molecular weight is 316 g/mol. The Balaban J connectivity index is 2.43. The summed E-state index contributed by atoms with van der Waals surface area (Å²) in [5.41, 5.74) is 8.25. The van der Waals surface area contributed by atoms with Crippen molar-refractivity contribution >= 4 is 27.5 Å². The minimum Gasteiger partial charge on any atom is -0.318 e. The fourth-order valence-corrected chi connectivity index (χ4v) is 3.04. The fourth-order valence-electron chi connectivity index (χ4n) is 1.75. The molecule has 2 heterocycles. The lowest BCUT2D eigenvalue weighted by Crippen LogP contribution is -2.18. The quantitative estimate of drug-likeness (QED) is 0.938. The molecule has 2 rings (SSSR count). The van der Waals surface area contributed by atoms with Crippen LogP contribution < -0.4 is 5.73 Å². The predicted molar refractivity (Wildman–Crippen MR) is 70.9 cm³/mol. The molecule has 17 heavy (non-hydrogen) atoms. The Kier molecular flexibility index (Phi) is 3.90. The van der Waals surface area contributed by atoms with Gasteiger partial charge in [0, 0.05) is 6.54 Å². The molecular weight excluding hydrogens is 302 g/mol. The Morgan fingerprint density at radius 3 is 2.94 bits per heavy atom. The minimum absolute atomic E-state index is 0.221. The molecule has 5 nitrogen and oxygen atoms in total. The van der Waals surface area contributed by atoms with Crippen LogP contribution in [0.1, 0.15) is 36.2 Å². The summed E-state index contributed by atoms with van der Waals surface area (Å²) in [5, 5.41) is 8.37. The number of rotatable bonds is 4. The van der Waals surface area contributed by atoms with Gasteiger partial charge in [-0.15, -0.1) is 5.10 Å². The summed E-state index contributed by atoms with van der Waals surface area (Å²) in [6.07, 6.45) is 2.62. The highest BCUT2D eigenvalue weighted by atomic mass is 79.9. The van der Waals surface area contributed by atoms with Gasteiger partial charge < -0.3 is 5.73 Å². The number of aromatic nitrogens is 4. The number of hydrogen-bond acceptors (Lipinski definition) is 5. The molecule has 7 heteroatoms. The van der Waals surface area contributed by atoms with Crippen LogP contribution >= 0.6 is 27.5 Å². The highest BCUT2D eigenvalue weighted by molar-refractivity contribution is 9.10. The topological polar surface area (TPSA) is 69.6 Å². The van der Waals surface area contributed by atoms with Crippen molar-refractivity contribution in [2.24, 2.45) is 5.73 Å². The van der Waals surface area contributed by atoms with Crippen LogP contribution in [0.15, 0.2) is 10.7 Å². The van der Waals surface area contributed by atoms with Gasteiger partial charge in [0.1, 0.15) is 0 Å². The molecule has 0 saturated heterocycles. The third-order valence-electron chi connectivity index (χ3n) is 2.63. The van der Waals surface area contributed by atoms with E-state index in [9.17, 15) is 0 Å². The van der Waals surface area contributed by atoms with Crippen LogP contribution in [-0.2, 0) is 13.0 Å². The SMILES string of the molecule is CCc1nnsc1C(N)c1c(Br)cnn1CC.